The molecule has 0 bridgehead atoms. The predicted octanol–water partition coefficient (Wildman–Crippen LogP) is 3.54. The quantitative estimate of drug-likeness (QED) is 0.749. The number of aromatic nitrogens is 1. The molecule has 23 heavy (non-hydrogen) atoms. The molecule has 0 radical (unpaired) electrons. The number of likely N-dealkylation sites (tertiary alicyclic amines) is 1. The van der Waals surface area contributed by atoms with E-state index >= 15 is 0 Å². The number of thiazole rings is 1. The van der Waals surface area contributed by atoms with Crippen LogP contribution in [0.25, 0.3) is 0 Å². The van der Waals surface area contributed by atoms with Gasteiger partial charge in [-0.15, -0.1) is 23.1 Å². The van der Waals surface area contributed by atoms with Crippen LogP contribution in [0.5, 0.6) is 0 Å². The van der Waals surface area contributed by atoms with E-state index in [9.17, 15) is 4.79 Å². The first-order valence-electron chi connectivity index (χ1n) is 7.66. The third kappa shape index (κ3) is 4.34. The Morgan fingerprint density at radius 3 is 3.04 bits per heavy atom. The van der Waals surface area contributed by atoms with Crippen LogP contribution >= 0.6 is 23.1 Å². The molecule has 6 heteroatoms. The number of thioether (sulfide) groups is 1. The summed E-state index contributed by atoms with van der Waals surface area (Å²) in [5.74, 6) is 1.66. The van der Waals surface area contributed by atoms with Crippen molar-refractivity contribution in [3.8, 4) is 0 Å². The molecule has 1 aromatic carbocycles. The minimum atomic E-state index is 0.0517. The van der Waals surface area contributed by atoms with Crippen molar-refractivity contribution >= 4 is 29.0 Å². The van der Waals surface area contributed by atoms with Gasteiger partial charge in [0.1, 0.15) is 10.7 Å². The molecule has 4 nitrogen and oxygen atoms in total. The summed E-state index contributed by atoms with van der Waals surface area (Å²) in [5.41, 5.74) is 0.554. The first-order valence-corrected chi connectivity index (χ1v) is 9.53. The van der Waals surface area contributed by atoms with E-state index in [1.54, 1.807) is 7.11 Å². The summed E-state index contributed by atoms with van der Waals surface area (Å²) >= 11 is 3.35. The number of carbonyl (C=O) groups is 1. The van der Waals surface area contributed by atoms with Crippen LogP contribution in [-0.2, 0) is 11.3 Å². The number of hydrogen-bond acceptors (Lipinski definition) is 5. The number of methoxy groups -OCH3 is 1. The zero-order chi connectivity index (χ0) is 16.1. The molecule has 2 heterocycles. The Hall–Kier alpha value is -1.37. The second-order valence-corrected chi connectivity index (χ2v) is 7.63. The van der Waals surface area contributed by atoms with Gasteiger partial charge in [-0.05, 0) is 24.5 Å². The SMILES string of the molecule is COCc1nc(C(=O)N2CCC(CSc3ccccc3)C2)cs1. The third-order valence-corrected chi connectivity index (χ3v) is 5.91. The molecule has 0 spiro atoms. The molecule has 1 amide bonds. The van der Waals surface area contributed by atoms with Gasteiger partial charge in [-0.25, -0.2) is 4.98 Å². The van der Waals surface area contributed by atoms with Gasteiger partial charge in [0, 0.05) is 36.2 Å². The van der Waals surface area contributed by atoms with Gasteiger partial charge >= 0.3 is 0 Å². The monoisotopic (exact) mass is 348 g/mol. The van der Waals surface area contributed by atoms with E-state index in [1.165, 1.54) is 16.2 Å². The fourth-order valence-electron chi connectivity index (χ4n) is 2.64. The summed E-state index contributed by atoms with van der Waals surface area (Å²) in [5, 5.41) is 2.69. The largest absolute Gasteiger partial charge is 0.378 e. The molecule has 1 atom stereocenters. The van der Waals surface area contributed by atoms with E-state index in [1.807, 2.05) is 28.1 Å². The van der Waals surface area contributed by atoms with Crippen molar-refractivity contribution < 1.29 is 9.53 Å². The Kier molecular flexibility index (Phi) is 5.70. The molecule has 1 saturated heterocycles. The van der Waals surface area contributed by atoms with Crippen molar-refractivity contribution in [2.45, 2.75) is 17.9 Å². The smallest absolute Gasteiger partial charge is 0.273 e. The molecule has 1 aliphatic rings. The van der Waals surface area contributed by atoms with Crippen LogP contribution in [0.2, 0.25) is 0 Å². The zero-order valence-electron chi connectivity index (χ0n) is 13.1. The maximum Gasteiger partial charge on any atom is 0.273 e. The molecule has 0 saturated carbocycles. The normalized spacial score (nSPS) is 17.6. The molecule has 1 aromatic heterocycles. The van der Waals surface area contributed by atoms with Gasteiger partial charge in [-0.1, -0.05) is 18.2 Å². The number of amides is 1. The van der Waals surface area contributed by atoms with Crippen LogP contribution in [-0.4, -0.2) is 41.7 Å². The Morgan fingerprint density at radius 2 is 2.26 bits per heavy atom. The summed E-state index contributed by atoms with van der Waals surface area (Å²) in [7, 11) is 1.64. The summed E-state index contributed by atoms with van der Waals surface area (Å²) in [6.07, 6.45) is 1.07. The number of benzene rings is 1. The highest BCUT2D eigenvalue weighted by molar-refractivity contribution is 7.99. The highest BCUT2D eigenvalue weighted by atomic mass is 32.2. The van der Waals surface area contributed by atoms with Crippen molar-refractivity contribution in [3.63, 3.8) is 0 Å². The standard InChI is InChI=1S/C17H20N2O2S2/c1-21-10-16-18-15(12-23-16)17(20)19-8-7-13(9-19)11-22-14-5-3-2-4-6-14/h2-6,12-13H,7-11H2,1H3. The Balaban J connectivity index is 1.51. The van der Waals surface area contributed by atoms with Crippen LogP contribution < -0.4 is 0 Å². The minimum absolute atomic E-state index is 0.0517. The zero-order valence-corrected chi connectivity index (χ0v) is 14.7. The fraction of sp³-hybridized carbons (Fsp3) is 0.412. The lowest BCUT2D eigenvalue weighted by Gasteiger charge is -2.15. The van der Waals surface area contributed by atoms with Crippen molar-refractivity contribution in [1.82, 2.24) is 9.88 Å². The third-order valence-electron chi connectivity index (χ3n) is 3.84. The number of nitrogens with zero attached hydrogens (tertiary/aromatic N) is 2. The molecule has 3 rings (SSSR count). The average molecular weight is 348 g/mol. The minimum Gasteiger partial charge on any atom is -0.378 e. The molecule has 122 valence electrons. The molecule has 1 unspecified atom stereocenters. The highest BCUT2D eigenvalue weighted by Gasteiger charge is 2.28. The van der Waals surface area contributed by atoms with E-state index in [-0.39, 0.29) is 5.91 Å². The maximum atomic E-state index is 12.5. The van der Waals surface area contributed by atoms with E-state index in [2.05, 4.69) is 29.2 Å². The summed E-state index contributed by atoms with van der Waals surface area (Å²) in [6.45, 7) is 2.13. The van der Waals surface area contributed by atoms with Gasteiger partial charge in [0.2, 0.25) is 0 Å². The second-order valence-electron chi connectivity index (χ2n) is 5.59. The first kappa shape index (κ1) is 16.5. The van der Waals surface area contributed by atoms with Crippen molar-refractivity contribution in [3.05, 3.63) is 46.4 Å². The molecule has 0 aliphatic carbocycles. The molecular weight excluding hydrogens is 328 g/mol. The number of hydrogen-bond donors (Lipinski definition) is 0. The topological polar surface area (TPSA) is 42.4 Å². The molecule has 0 N–H and O–H groups in total. The van der Waals surface area contributed by atoms with Crippen molar-refractivity contribution in [2.24, 2.45) is 5.92 Å². The summed E-state index contributed by atoms with van der Waals surface area (Å²) < 4.78 is 5.06. The van der Waals surface area contributed by atoms with Crippen LogP contribution in [0.4, 0.5) is 0 Å². The van der Waals surface area contributed by atoms with Crippen LogP contribution in [0.1, 0.15) is 21.9 Å². The van der Waals surface area contributed by atoms with Gasteiger partial charge in [-0.2, -0.15) is 0 Å². The summed E-state index contributed by atoms with van der Waals surface area (Å²) in [6, 6.07) is 10.4. The molecule has 1 aliphatic heterocycles. The Labute approximate surface area is 144 Å². The second kappa shape index (κ2) is 7.95. The lowest BCUT2D eigenvalue weighted by atomic mass is 10.2. The Morgan fingerprint density at radius 1 is 1.43 bits per heavy atom. The maximum absolute atomic E-state index is 12.5. The van der Waals surface area contributed by atoms with E-state index < -0.39 is 0 Å². The van der Waals surface area contributed by atoms with Gasteiger partial charge in [-0.3, -0.25) is 4.79 Å². The van der Waals surface area contributed by atoms with Gasteiger partial charge < -0.3 is 9.64 Å². The number of ether oxygens (including phenoxy) is 1. The van der Waals surface area contributed by atoms with Crippen molar-refractivity contribution in [1.29, 1.82) is 0 Å². The number of carbonyl (C=O) groups excluding carboxylic acids is 1. The van der Waals surface area contributed by atoms with Crippen molar-refractivity contribution in [2.75, 3.05) is 26.0 Å². The van der Waals surface area contributed by atoms with E-state index in [0.717, 1.165) is 30.3 Å². The summed E-state index contributed by atoms with van der Waals surface area (Å²) in [4.78, 5) is 20.1. The van der Waals surface area contributed by atoms with Gasteiger partial charge in [0.15, 0.2) is 0 Å². The van der Waals surface area contributed by atoms with Crippen LogP contribution in [0, 0.1) is 5.92 Å². The average Bonchev–Trinajstić information content (AvgIpc) is 3.23. The lowest BCUT2D eigenvalue weighted by molar-refractivity contribution is 0.0782. The molecule has 2 aromatic rings. The molecular formula is C17H20N2O2S2. The number of rotatable bonds is 6. The van der Waals surface area contributed by atoms with Gasteiger partial charge in [0.05, 0.1) is 6.61 Å². The van der Waals surface area contributed by atoms with E-state index in [0.29, 0.717) is 18.2 Å². The van der Waals surface area contributed by atoms with Crippen LogP contribution in [0.3, 0.4) is 0 Å². The predicted molar refractivity (Wildman–Crippen MR) is 94.0 cm³/mol. The highest BCUT2D eigenvalue weighted by Crippen LogP contribution is 2.26. The first-order chi connectivity index (χ1) is 11.3. The van der Waals surface area contributed by atoms with Gasteiger partial charge in [0.25, 0.3) is 5.91 Å². The molecule has 1 fully saturated rings. The Bertz CT molecular complexity index is 645. The fourth-order valence-corrected chi connectivity index (χ4v) is 4.43. The van der Waals surface area contributed by atoms with Crippen LogP contribution in [0.15, 0.2) is 40.6 Å². The lowest BCUT2D eigenvalue weighted by Crippen LogP contribution is -2.29. The van der Waals surface area contributed by atoms with E-state index in [4.69, 9.17) is 4.74 Å².